The average molecular weight is 502 g/mol. The molecule has 0 saturated heterocycles. The van der Waals surface area contributed by atoms with E-state index in [0.717, 1.165) is 45.3 Å². The Labute approximate surface area is 209 Å². The van der Waals surface area contributed by atoms with E-state index >= 15 is 0 Å². The van der Waals surface area contributed by atoms with Crippen LogP contribution in [0.5, 0.6) is 0 Å². The van der Waals surface area contributed by atoms with E-state index in [1.807, 2.05) is 42.5 Å². The Morgan fingerprint density at radius 2 is 1.03 bits per heavy atom. The van der Waals surface area contributed by atoms with Crippen molar-refractivity contribution < 1.29 is 0 Å². The van der Waals surface area contributed by atoms with Gasteiger partial charge in [0.15, 0.2) is 0 Å². The summed E-state index contributed by atoms with van der Waals surface area (Å²) in [5.74, 6) is 0. The number of hydrogen-bond donors (Lipinski definition) is 0. The van der Waals surface area contributed by atoms with Crippen molar-refractivity contribution in [3.8, 4) is 45.0 Å². The largest absolute Gasteiger partial charge is 0.252 e. The molecular weight excluding hydrogens is 481 g/mol. The van der Waals surface area contributed by atoms with E-state index in [1.54, 1.807) is 0 Å². The van der Waals surface area contributed by atoms with Gasteiger partial charge in [-0.15, -0.1) is 0 Å². The van der Waals surface area contributed by atoms with Gasteiger partial charge in [-0.1, -0.05) is 82.7 Å². The van der Waals surface area contributed by atoms with E-state index < -0.39 is 0 Å². The van der Waals surface area contributed by atoms with Crippen molar-refractivity contribution in [3.05, 3.63) is 115 Å². The highest BCUT2D eigenvalue weighted by atomic mass is 79.9. The van der Waals surface area contributed by atoms with Crippen LogP contribution < -0.4 is 0 Å². The Balaban J connectivity index is 1.62. The first-order chi connectivity index (χ1) is 16.7. The molecule has 3 nitrogen and oxygen atoms in total. The van der Waals surface area contributed by atoms with Crippen LogP contribution in [0.2, 0.25) is 0 Å². The second kappa shape index (κ2) is 10.1. The van der Waals surface area contributed by atoms with E-state index in [4.69, 9.17) is 22.8 Å². The van der Waals surface area contributed by atoms with Crippen molar-refractivity contribution in [1.82, 2.24) is 15.0 Å². The highest BCUT2D eigenvalue weighted by molar-refractivity contribution is 9.08. The van der Waals surface area contributed by atoms with Crippen molar-refractivity contribution >= 4 is 23.8 Å². The number of aromatic nitrogens is 3. The number of rotatable bonds is 6. The second-order valence-electron chi connectivity index (χ2n) is 7.94. The minimum absolute atomic E-state index is 0.385. The molecule has 0 bridgehead atoms. The van der Waals surface area contributed by atoms with Crippen molar-refractivity contribution in [2.24, 2.45) is 0 Å². The molecule has 2 aromatic carbocycles. The predicted molar refractivity (Wildman–Crippen MR) is 144 cm³/mol. The summed E-state index contributed by atoms with van der Waals surface area (Å²) in [6, 6.07) is 35.0. The summed E-state index contributed by atoms with van der Waals surface area (Å²) >= 11 is 3.50. The van der Waals surface area contributed by atoms with Crippen LogP contribution in [0.4, 0.5) is 0 Å². The van der Waals surface area contributed by atoms with E-state index in [1.165, 1.54) is 11.1 Å². The standard InChI is InChI=1S/C29H21BBrN3/c30-18-24-8-4-10-26(32-24)28-16-23(17-29(34-28)27-11-5-9-25(19-31)33-27)22-14-12-21(13-15-22)20-6-2-1-3-7-20/h1-17H,18-19H2. The molecule has 2 radical (unpaired) electrons. The Kier molecular flexibility index (Phi) is 6.64. The average Bonchev–Trinajstić information content (AvgIpc) is 2.93. The van der Waals surface area contributed by atoms with Crippen LogP contribution >= 0.6 is 15.9 Å². The molecule has 0 fully saturated rings. The number of hydrogen-bond acceptors (Lipinski definition) is 3. The van der Waals surface area contributed by atoms with Crippen LogP contribution in [0.3, 0.4) is 0 Å². The lowest BCUT2D eigenvalue weighted by atomic mass is 9.98. The smallest absolute Gasteiger partial charge is 0.0900 e. The number of alkyl halides is 1. The molecule has 5 rings (SSSR count). The van der Waals surface area contributed by atoms with Crippen molar-refractivity contribution in [3.63, 3.8) is 0 Å². The third-order valence-corrected chi connectivity index (χ3v) is 6.21. The molecule has 3 heterocycles. The Bertz CT molecular complexity index is 1350. The summed E-state index contributed by atoms with van der Waals surface area (Å²) in [4.78, 5) is 14.4. The molecule has 162 valence electrons. The molecule has 5 heteroatoms. The van der Waals surface area contributed by atoms with Gasteiger partial charge in [-0.05, 0) is 65.0 Å². The van der Waals surface area contributed by atoms with Gasteiger partial charge in [0.05, 0.1) is 36.3 Å². The van der Waals surface area contributed by atoms with Gasteiger partial charge in [0, 0.05) is 11.0 Å². The monoisotopic (exact) mass is 501 g/mol. The summed E-state index contributed by atoms with van der Waals surface area (Å²) in [5.41, 5.74) is 9.57. The number of benzene rings is 2. The normalized spacial score (nSPS) is 10.9. The third-order valence-electron chi connectivity index (χ3n) is 5.64. The first-order valence-corrected chi connectivity index (χ1v) is 12.2. The Hall–Kier alpha value is -3.57. The van der Waals surface area contributed by atoms with Crippen LogP contribution in [0.15, 0.2) is 103 Å². The van der Waals surface area contributed by atoms with Crippen LogP contribution in [0, 0.1) is 0 Å². The lowest BCUT2D eigenvalue weighted by Gasteiger charge is -2.11. The number of nitrogens with zero attached hydrogens (tertiary/aromatic N) is 3. The highest BCUT2D eigenvalue weighted by Gasteiger charge is 2.12. The number of halogens is 1. The summed E-state index contributed by atoms with van der Waals surface area (Å²) in [6.45, 7) is 0. The van der Waals surface area contributed by atoms with Gasteiger partial charge in [-0.25, -0.2) is 4.98 Å². The van der Waals surface area contributed by atoms with Crippen LogP contribution in [-0.4, -0.2) is 22.8 Å². The van der Waals surface area contributed by atoms with E-state index in [9.17, 15) is 0 Å². The molecule has 5 aromatic rings. The molecule has 0 N–H and O–H groups in total. The summed E-state index contributed by atoms with van der Waals surface area (Å²) in [6.07, 6.45) is 0.385. The highest BCUT2D eigenvalue weighted by Crippen LogP contribution is 2.31. The van der Waals surface area contributed by atoms with Crippen molar-refractivity contribution in [2.75, 3.05) is 0 Å². The topological polar surface area (TPSA) is 38.7 Å². The van der Waals surface area contributed by atoms with Gasteiger partial charge in [-0.3, -0.25) is 9.97 Å². The van der Waals surface area contributed by atoms with Crippen molar-refractivity contribution in [1.29, 1.82) is 0 Å². The van der Waals surface area contributed by atoms with Gasteiger partial charge >= 0.3 is 0 Å². The fourth-order valence-corrected chi connectivity index (χ4v) is 4.19. The maximum Gasteiger partial charge on any atom is 0.0900 e. The van der Waals surface area contributed by atoms with Crippen LogP contribution in [-0.2, 0) is 11.7 Å². The van der Waals surface area contributed by atoms with E-state index in [2.05, 4.69) is 76.6 Å². The second-order valence-corrected chi connectivity index (χ2v) is 8.50. The Morgan fingerprint density at radius 1 is 0.500 bits per heavy atom. The predicted octanol–water partition coefficient (Wildman–Crippen LogP) is 7.10. The van der Waals surface area contributed by atoms with Crippen LogP contribution in [0.1, 0.15) is 11.4 Å². The fourth-order valence-electron chi connectivity index (χ4n) is 3.88. The minimum Gasteiger partial charge on any atom is -0.252 e. The van der Waals surface area contributed by atoms with Gasteiger partial charge in [0.2, 0.25) is 0 Å². The van der Waals surface area contributed by atoms with Gasteiger partial charge in [0.1, 0.15) is 0 Å². The first kappa shape index (κ1) is 22.2. The molecule has 0 spiro atoms. The van der Waals surface area contributed by atoms with Crippen LogP contribution in [0.25, 0.3) is 45.0 Å². The fraction of sp³-hybridized carbons (Fsp3) is 0.0690. The zero-order valence-corrected chi connectivity index (χ0v) is 20.1. The van der Waals surface area contributed by atoms with Crippen molar-refractivity contribution in [2.45, 2.75) is 11.7 Å². The molecule has 0 unspecified atom stereocenters. The van der Waals surface area contributed by atoms with E-state index in [-0.39, 0.29) is 0 Å². The molecule has 3 aromatic heterocycles. The number of pyridine rings is 3. The SMILES string of the molecule is [B]Cc1cccc(-c2cc(-c3ccc(-c4ccccc4)cc3)cc(-c3cccc(CBr)n3)n2)n1. The van der Waals surface area contributed by atoms with Gasteiger partial charge in [0.25, 0.3) is 0 Å². The zero-order chi connectivity index (χ0) is 23.3. The molecule has 0 aliphatic rings. The lowest BCUT2D eigenvalue weighted by Crippen LogP contribution is -1.97. The first-order valence-electron chi connectivity index (χ1n) is 11.1. The quantitative estimate of drug-likeness (QED) is 0.184. The molecule has 0 aliphatic heterocycles. The molecule has 0 saturated carbocycles. The molecular formula is C29H21BBrN3. The van der Waals surface area contributed by atoms with Gasteiger partial charge < -0.3 is 0 Å². The minimum atomic E-state index is 0.385. The zero-order valence-electron chi connectivity index (χ0n) is 18.5. The Morgan fingerprint density at radius 3 is 1.62 bits per heavy atom. The maximum atomic E-state index is 5.84. The third kappa shape index (κ3) is 4.85. The molecule has 34 heavy (non-hydrogen) atoms. The lowest BCUT2D eigenvalue weighted by molar-refractivity contribution is 1.14. The molecule has 0 amide bonds. The van der Waals surface area contributed by atoms with Gasteiger partial charge in [-0.2, -0.15) is 0 Å². The maximum absolute atomic E-state index is 5.84. The summed E-state index contributed by atoms with van der Waals surface area (Å²) in [5, 5.41) is 0.689. The molecule has 0 atom stereocenters. The molecule has 0 aliphatic carbocycles. The summed E-state index contributed by atoms with van der Waals surface area (Å²) in [7, 11) is 5.84. The van der Waals surface area contributed by atoms with E-state index in [0.29, 0.717) is 11.7 Å². The summed E-state index contributed by atoms with van der Waals surface area (Å²) < 4.78 is 0.